The number of imidazole rings is 1. The van der Waals surface area contributed by atoms with Crippen LogP contribution in [0.2, 0.25) is 0 Å². The summed E-state index contributed by atoms with van der Waals surface area (Å²) in [6.45, 7) is 0. The molecule has 0 saturated heterocycles. The summed E-state index contributed by atoms with van der Waals surface area (Å²) < 4.78 is 14.9. The molecule has 1 N–H and O–H groups in total. The van der Waals surface area contributed by atoms with Gasteiger partial charge in [-0.1, -0.05) is 5.21 Å². The fourth-order valence-corrected chi connectivity index (χ4v) is 1.76. The SMILES string of the molecule is Cn1nnc2c(C(=O)Nc3ccc(F)cc3)ncn2c1=O. The van der Waals surface area contributed by atoms with E-state index in [1.807, 2.05) is 0 Å². The Balaban J connectivity index is 1.97. The molecule has 0 aliphatic carbocycles. The quantitative estimate of drug-likeness (QED) is 0.727. The number of nitrogens with zero attached hydrogens (tertiary/aromatic N) is 5. The van der Waals surface area contributed by atoms with Gasteiger partial charge in [0.25, 0.3) is 5.91 Å². The number of hydrogen-bond acceptors (Lipinski definition) is 5. The van der Waals surface area contributed by atoms with E-state index in [4.69, 9.17) is 0 Å². The van der Waals surface area contributed by atoms with Crippen molar-refractivity contribution in [3.63, 3.8) is 0 Å². The zero-order chi connectivity index (χ0) is 15.0. The number of rotatable bonds is 2. The van der Waals surface area contributed by atoms with E-state index in [0.717, 1.165) is 9.08 Å². The Morgan fingerprint density at radius 1 is 1.29 bits per heavy atom. The molecule has 0 saturated carbocycles. The summed E-state index contributed by atoms with van der Waals surface area (Å²) in [4.78, 5) is 27.8. The first-order valence-electron chi connectivity index (χ1n) is 5.90. The van der Waals surface area contributed by atoms with E-state index in [1.54, 1.807) is 0 Å². The zero-order valence-electron chi connectivity index (χ0n) is 10.8. The predicted molar refractivity (Wildman–Crippen MR) is 70.4 cm³/mol. The summed E-state index contributed by atoms with van der Waals surface area (Å²) in [5.41, 5.74) is -0.0464. The summed E-state index contributed by atoms with van der Waals surface area (Å²) in [5.74, 6) is -0.971. The summed E-state index contributed by atoms with van der Waals surface area (Å²) in [7, 11) is 1.44. The Hall–Kier alpha value is -3.10. The van der Waals surface area contributed by atoms with Gasteiger partial charge in [0.2, 0.25) is 0 Å². The second kappa shape index (κ2) is 4.78. The van der Waals surface area contributed by atoms with Crippen LogP contribution >= 0.6 is 0 Å². The highest BCUT2D eigenvalue weighted by atomic mass is 19.1. The monoisotopic (exact) mass is 288 g/mol. The van der Waals surface area contributed by atoms with E-state index in [2.05, 4.69) is 20.6 Å². The number of benzene rings is 1. The third kappa shape index (κ3) is 2.24. The number of carbonyl (C=O) groups is 1. The Labute approximate surface area is 116 Å². The molecule has 2 aromatic heterocycles. The average Bonchev–Trinajstić information content (AvgIpc) is 2.90. The van der Waals surface area contributed by atoms with Crippen molar-refractivity contribution in [3.05, 3.63) is 52.6 Å². The van der Waals surface area contributed by atoms with Crippen LogP contribution in [0.3, 0.4) is 0 Å². The van der Waals surface area contributed by atoms with Gasteiger partial charge in [-0.25, -0.2) is 18.6 Å². The minimum Gasteiger partial charge on any atom is -0.321 e. The number of aromatic nitrogens is 5. The Bertz CT molecular complexity index is 883. The minimum atomic E-state index is -0.563. The van der Waals surface area contributed by atoms with Crippen LogP contribution in [-0.4, -0.2) is 30.3 Å². The van der Waals surface area contributed by atoms with Gasteiger partial charge in [-0.2, -0.15) is 4.68 Å². The highest BCUT2D eigenvalue weighted by Gasteiger charge is 2.17. The molecule has 21 heavy (non-hydrogen) atoms. The number of nitrogens with one attached hydrogen (secondary N) is 1. The van der Waals surface area contributed by atoms with Gasteiger partial charge in [0, 0.05) is 12.7 Å². The van der Waals surface area contributed by atoms with Crippen LogP contribution in [0.1, 0.15) is 10.5 Å². The van der Waals surface area contributed by atoms with Crippen LogP contribution < -0.4 is 11.0 Å². The van der Waals surface area contributed by atoms with Crippen LogP contribution in [0.5, 0.6) is 0 Å². The molecule has 0 radical (unpaired) electrons. The highest BCUT2D eigenvalue weighted by Crippen LogP contribution is 2.11. The van der Waals surface area contributed by atoms with E-state index >= 15 is 0 Å². The average molecular weight is 288 g/mol. The maximum Gasteiger partial charge on any atom is 0.352 e. The lowest BCUT2D eigenvalue weighted by molar-refractivity contribution is 0.102. The van der Waals surface area contributed by atoms with E-state index < -0.39 is 17.4 Å². The van der Waals surface area contributed by atoms with Gasteiger partial charge in [0.1, 0.15) is 12.1 Å². The lowest BCUT2D eigenvalue weighted by atomic mass is 10.3. The summed E-state index contributed by atoms with van der Waals surface area (Å²) >= 11 is 0. The zero-order valence-corrected chi connectivity index (χ0v) is 10.8. The third-order valence-electron chi connectivity index (χ3n) is 2.82. The van der Waals surface area contributed by atoms with Gasteiger partial charge in [-0.05, 0) is 24.3 Å². The molecular weight excluding hydrogens is 279 g/mol. The minimum absolute atomic E-state index is 0.0375. The molecule has 0 aliphatic heterocycles. The summed E-state index contributed by atoms with van der Waals surface area (Å²) in [5, 5.41) is 9.92. The Morgan fingerprint density at radius 2 is 2.00 bits per heavy atom. The first-order chi connectivity index (χ1) is 10.1. The highest BCUT2D eigenvalue weighted by molar-refractivity contribution is 6.06. The molecule has 0 fully saturated rings. The van der Waals surface area contributed by atoms with Crippen LogP contribution in [0, 0.1) is 5.82 Å². The van der Waals surface area contributed by atoms with Crippen LogP contribution in [-0.2, 0) is 7.05 Å². The maximum absolute atomic E-state index is 12.8. The number of anilines is 1. The Morgan fingerprint density at radius 3 is 2.71 bits per heavy atom. The Kier molecular flexibility index (Phi) is 2.94. The fraction of sp³-hybridized carbons (Fsp3) is 0.0833. The van der Waals surface area contributed by atoms with Crippen LogP contribution in [0.4, 0.5) is 10.1 Å². The maximum atomic E-state index is 12.8. The number of halogens is 1. The van der Waals surface area contributed by atoms with Crippen molar-refractivity contribution in [2.75, 3.05) is 5.32 Å². The van der Waals surface area contributed by atoms with Crippen molar-refractivity contribution in [2.24, 2.45) is 7.05 Å². The molecule has 1 aromatic carbocycles. The van der Waals surface area contributed by atoms with E-state index in [0.29, 0.717) is 5.69 Å². The van der Waals surface area contributed by atoms with Gasteiger partial charge in [-0.3, -0.25) is 4.79 Å². The molecule has 0 aliphatic rings. The van der Waals surface area contributed by atoms with Crippen molar-refractivity contribution in [1.82, 2.24) is 24.4 Å². The molecule has 3 rings (SSSR count). The lowest BCUT2D eigenvalue weighted by Crippen LogP contribution is -2.27. The predicted octanol–water partition coefficient (Wildman–Crippen LogP) is 0.214. The lowest BCUT2D eigenvalue weighted by Gasteiger charge is -2.03. The van der Waals surface area contributed by atoms with Crippen LogP contribution in [0.25, 0.3) is 5.65 Å². The summed E-state index contributed by atoms with van der Waals surface area (Å²) in [6, 6.07) is 5.26. The van der Waals surface area contributed by atoms with Gasteiger partial charge in [0.05, 0.1) is 0 Å². The molecule has 3 aromatic rings. The molecule has 1 amide bonds. The second-order valence-electron chi connectivity index (χ2n) is 4.24. The van der Waals surface area contributed by atoms with Crippen molar-refractivity contribution in [3.8, 4) is 0 Å². The smallest absolute Gasteiger partial charge is 0.321 e. The van der Waals surface area contributed by atoms with Gasteiger partial charge in [-0.15, -0.1) is 5.10 Å². The van der Waals surface area contributed by atoms with Crippen molar-refractivity contribution >= 4 is 17.2 Å². The summed E-state index contributed by atoms with van der Waals surface area (Å²) in [6.07, 6.45) is 1.20. The van der Waals surface area contributed by atoms with Gasteiger partial charge >= 0.3 is 5.69 Å². The van der Waals surface area contributed by atoms with Crippen molar-refractivity contribution < 1.29 is 9.18 Å². The molecule has 106 valence electrons. The molecule has 8 nitrogen and oxygen atoms in total. The van der Waals surface area contributed by atoms with Crippen molar-refractivity contribution in [1.29, 1.82) is 0 Å². The largest absolute Gasteiger partial charge is 0.352 e. The van der Waals surface area contributed by atoms with Crippen LogP contribution in [0.15, 0.2) is 35.4 Å². The number of fused-ring (bicyclic) bond motifs is 1. The number of aryl methyl sites for hydroxylation is 1. The van der Waals surface area contributed by atoms with E-state index in [9.17, 15) is 14.0 Å². The number of carbonyl (C=O) groups excluding carboxylic acids is 1. The molecule has 0 atom stereocenters. The molecule has 0 unspecified atom stereocenters. The fourth-order valence-electron chi connectivity index (χ4n) is 1.76. The molecule has 2 heterocycles. The molecule has 0 spiro atoms. The first-order valence-corrected chi connectivity index (χ1v) is 5.90. The third-order valence-corrected chi connectivity index (χ3v) is 2.82. The molecule has 9 heteroatoms. The topological polar surface area (TPSA) is 94.2 Å². The van der Waals surface area contributed by atoms with E-state index in [-0.39, 0.29) is 11.3 Å². The van der Waals surface area contributed by atoms with Gasteiger partial charge < -0.3 is 5.32 Å². The number of amides is 1. The standard InChI is InChI=1S/C12H9FN6O2/c1-18-12(21)19-6-14-9(10(19)16-17-18)11(20)15-8-4-2-7(13)3-5-8/h2-6H,1H3,(H,15,20). The first kappa shape index (κ1) is 12.9. The van der Waals surface area contributed by atoms with E-state index in [1.165, 1.54) is 37.6 Å². The van der Waals surface area contributed by atoms with Gasteiger partial charge in [0.15, 0.2) is 11.3 Å². The number of hydrogen-bond donors (Lipinski definition) is 1. The second-order valence-corrected chi connectivity index (χ2v) is 4.24. The normalized spacial score (nSPS) is 10.8. The molecular formula is C12H9FN6O2. The molecule has 0 bridgehead atoms. The van der Waals surface area contributed by atoms with Crippen molar-refractivity contribution in [2.45, 2.75) is 0 Å².